The van der Waals surface area contributed by atoms with E-state index >= 15 is 0 Å². The number of aryl methyl sites for hydroxylation is 1. The lowest BCUT2D eigenvalue weighted by Crippen LogP contribution is -2.37. The average molecular weight is 303 g/mol. The normalized spacial score (nSPS) is 11.8. The van der Waals surface area contributed by atoms with Gasteiger partial charge in [0.1, 0.15) is 5.69 Å². The smallest absolute Gasteiger partial charge is 0.354 e. The van der Waals surface area contributed by atoms with E-state index in [0.29, 0.717) is 31.6 Å². The summed E-state index contributed by atoms with van der Waals surface area (Å²) in [6, 6.07) is 1.47. The summed E-state index contributed by atoms with van der Waals surface area (Å²) in [5.74, 6) is -1.20. The molecule has 114 valence electrons. The van der Waals surface area contributed by atoms with Crippen LogP contribution in [0.4, 0.5) is 5.69 Å². The Kier molecular flexibility index (Phi) is 5.58. The van der Waals surface area contributed by atoms with Crippen molar-refractivity contribution in [3.63, 3.8) is 0 Å². The molecule has 0 aliphatic carbocycles. The van der Waals surface area contributed by atoms with E-state index in [1.54, 1.807) is 6.92 Å². The van der Waals surface area contributed by atoms with Crippen LogP contribution >= 0.6 is 0 Å². The highest BCUT2D eigenvalue weighted by atomic mass is 32.2. The van der Waals surface area contributed by atoms with E-state index in [4.69, 9.17) is 5.11 Å². The minimum atomic E-state index is -3.74. The van der Waals surface area contributed by atoms with Crippen molar-refractivity contribution in [2.24, 2.45) is 0 Å². The fraction of sp³-hybridized carbons (Fsp3) is 0.583. The van der Waals surface area contributed by atoms with Crippen LogP contribution in [0, 0.1) is 6.92 Å². The number of rotatable bonds is 8. The van der Waals surface area contributed by atoms with Gasteiger partial charge in [0, 0.05) is 18.8 Å². The summed E-state index contributed by atoms with van der Waals surface area (Å²) >= 11 is 0. The lowest BCUT2D eigenvalue weighted by Gasteiger charge is -2.21. The zero-order valence-electron chi connectivity index (χ0n) is 11.9. The monoisotopic (exact) mass is 303 g/mol. The zero-order valence-corrected chi connectivity index (χ0v) is 12.7. The Morgan fingerprint density at radius 1 is 1.35 bits per heavy atom. The highest BCUT2D eigenvalue weighted by Gasteiger charge is 2.23. The molecule has 0 fully saturated rings. The third-order valence-electron chi connectivity index (χ3n) is 2.69. The molecule has 0 amide bonds. The number of carboxylic acid groups (broad SMARTS) is 1. The van der Waals surface area contributed by atoms with Crippen LogP contribution in [0.2, 0.25) is 0 Å². The SMILES string of the molecule is CCCN(CCC)S(=O)(=O)Nc1cc(C)[nH]c1C(=O)O. The van der Waals surface area contributed by atoms with Crippen LogP contribution in [0.3, 0.4) is 0 Å². The van der Waals surface area contributed by atoms with Gasteiger partial charge in [0.05, 0.1) is 5.69 Å². The van der Waals surface area contributed by atoms with Gasteiger partial charge in [0.2, 0.25) is 0 Å². The number of nitrogens with one attached hydrogen (secondary N) is 2. The van der Waals surface area contributed by atoms with Crippen LogP contribution < -0.4 is 4.72 Å². The minimum absolute atomic E-state index is 0.0622. The summed E-state index contributed by atoms with van der Waals surface area (Å²) in [4.78, 5) is 13.7. The van der Waals surface area contributed by atoms with Crippen molar-refractivity contribution in [1.29, 1.82) is 0 Å². The first-order chi connectivity index (χ1) is 9.31. The first kappa shape index (κ1) is 16.5. The molecule has 0 spiro atoms. The van der Waals surface area contributed by atoms with Crippen molar-refractivity contribution < 1.29 is 18.3 Å². The van der Waals surface area contributed by atoms with Crippen molar-refractivity contribution in [3.8, 4) is 0 Å². The quantitative estimate of drug-likeness (QED) is 0.681. The maximum Gasteiger partial charge on any atom is 0.354 e. The first-order valence-corrected chi connectivity index (χ1v) is 7.96. The predicted octanol–water partition coefficient (Wildman–Crippen LogP) is 1.80. The standard InChI is InChI=1S/C12H21N3O4S/c1-4-6-15(7-5-2)20(18,19)14-10-8-9(3)13-11(10)12(16)17/h8,13-14H,4-7H2,1-3H3,(H,16,17). The molecule has 1 rings (SSSR count). The van der Waals surface area contributed by atoms with Gasteiger partial charge in [-0.3, -0.25) is 4.72 Å². The second-order valence-electron chi connectivity index (χ2n) is 4.55. The van der Waals surface area contributed by atoms with E-state index in [0.717, 1.165) is 0 Å². The Balaban J connectivity index is 3.03. The molecule has 0 saturated carbocycles. The Morgan fingerprint density at radius 2 is 1.90 bits per heavy atom. The van der Waals surface area contributed by atoms with Crippen molar-refractivity contribution in [1.82, 2.24) is 9.29 Å². The average Bonchev–Trinajstić information content (AvgIpc) is 2.69. The van der Waals surface area contributed by atoms with Gasteiger partial charge in [-0.05, 0) is 25.8 Å². The molecule has 0 atom stereocenters. The van der Waals surface area contributed by atoms with Crippen LogP contribution in [-0.4, -0.2) is 41.9 Å². The molecule has 3 N–H and O–H groups in total. The van der Waals surface area contributed by atoms with Crippen molar-refractivity contribution in [2.45, 2.75) is 33.6 Å². The second kappa shape index (κ2) is 6.76. The Hall–Kier alpha value is -1.54. The van der Waals surface area contributed by atoms with Gasteiger partial charge in [0.25, 0.3) is 0 Å². The van der Waals surface area contributed by atoms with Gasteiger partial charge in [0.15, 0.2) is 0 Å². The number of carboxylic acids is 1. The van der Waals surface area contributed by atoms with Crippen LogP contribution in [0.15, 0.2) is 6.07 Å². The molecule has 0 aliphatic rings. The molecule has 0 unspecified atom stereocenters. The molecule has 0 radical (unpaired) electrons. The van der Waals surface area contributed by atoms with Crippen LogP contribution in [0.5, 0.6) is 0 Å². The molecule has 0 aromatic carbocycles. The van der Waals surface area contributed by atoms with Gasteiger partial charge in [-0.1, -0.05) is 13.8 Å². The van der Waals surface area contributed by atoms with Crippen molar-refractivity contribution in [3.05, 3.63) is 17.5 Å². The molecule has 8 heteroatoms. The summed E-state index contributed by atoms with van der Waals surface area (Å²) < 4.78 is 28.2. The van der Waals surface area contributed by atoms with E-state index in [9.17, 15) is 13.2 Å². The molecule has 1 heterocycles. The summed E-state index contributed by atoms with van der Waals surface area (Å²) in [6.45, 7) is 6.24. The third-order valence-corrected chi connectivity index (χ3v) is 4.21. The van der Waals surface area contributed by atoms with Crippen LogP contribution in [0.25, 0.3) is 0 Å². The lowest BCUT2D eigenvalue weighted by atomic mass is 10.4. The number of nitrogens with zero attached hydrogens (tertiary/aromatic N) is 1. The van der Waals surface area contributed by atoms with Gasteiger partial charge >= 0.3 is 16.2 Å². The Bertz CT molecular complexity index is 559. The highest BCUT2D eigenvalue weighted by Crippen LogP contribution is 2.19. The number of hydrogen-bond donors (Lipinski definition) is 3. The number of aromatic nitrogens is 1. The summed E-state index contributed by atoms with van der Waals surface area (Å²) in [5, 5.41) is 9.04. The molecule has 7 nitrogen and oxygen atoms in total. The minimum Gasteiger partial charge on any atom is -0.477 e. The molecule has 0 aliphatic heterocycles. The largest absolute Gasteiger partial charge is 0.477 e. The molecule has 1 aromatic heterocycles. The van der Waals surface area contributed by atoms with Gasteiger partial charge in [-0.25, -0.2) is 4.79 Å². The van der Waals surface area contributed by atoms with Gasteiger partial charge in [-0.2, -0.15) is 12.7 Å². The fourth-order valence-corrected chi connectivity index (χ4v) is 3.31. The maximum absolute atomic E-state index is 12.3. The fourth-order valence-electron chi connectivity index (χ4n) is 1.89. The number of carbonyl (C=O) groups is 1. The zero-order chi connectivity index (χ0) is 15.3. The predicted molar refractivity (Wildman–Crippen MR) is 77.2 cm³/mol. The Labute approximate surface area is 119 Å². The topological polar surface area (TPSA) is 103 Å². The van der Waals surface area contributed by atoms with Gasteiger partial charge < -0.3 is 10.1 Å². The maximum atomic E-state index is 12.3. The first-order valence-electron chi connectivity index (χ1n) is 6.52. The van der Waals surface area contributed by atoms with Crippen LogP contribution in [-0.2, 0) is 10.2 Å². The number of anilines is 1. The third kappa shape index (κ3) is 3.97. The molecule has 0 saturated heterocycles. The molecular formula is C12H21N3O4S. The second-order valence-corrected chi connectivity index (χ2v) is 6.22. The number of H-pyrrole nitrogens is 1. The summed E-state index contributed by atoms with van der Waals surface area (Å²) in [5.41, 5.74) is 0.490. The van der Waals surface area contributed by atoms with E-state index < -0.39 is 16.2 Å². The van der Waals surface area contributed by atoms with Crippen LogP contribution in [0.1, 0.15) is 42.9 Å². The van der Waals surface area contributed by atoms with E-state index in [-0.39, 0.29) is 11.4 Å². The number of aromatic amines is 1. The lowest BCUT2D eigenvalue weighted by molar-refractivity contribution is 0.0692. The van der Waals surface area contributed by atoms with Crippen molar-refractivity contribution in [2.75, 3.05) is 17.8 Å². The van der Waals surface area contributed by atoms with Crippen molar-refractivity contribution >= 4 is 21.9 Å². The number of aromatic carboxylic acids is 1. The molecule has 20 heavy (non-hydrogen) atoms. The summed E-state index contributed by atoms with van der Waals surface area (Å²) in [7, 11) is -3.74. The molecule has 0 bridgehead atoms. The van der Waals surface area contributed by atoms with E-state index in [2.05, 4.69) is 9.71 Å². The van der Waals surface area contributed by atoms with E-state index in [1.807, 2.05) is 13.8 Å². The molecular weight excluding hydrogens is 282 g/mol. The number of hydrogen-bond acceptors (Lipinski definition) is 3. The summed E-state index contributed by atoms with van der Waals surface area (Å²) in [6.07, 6.45) is 1.39. The highest BCUT2D eigenvalue weighted by molar-refractivity contribution is 7.90. The van der Waals surface area contributed by atoms with Gasteiger partial charge in [-0.15, -0.1) is 0 Å². The van der Waals surface area contributed by atoms with E-state index in [1.165, 1.54) is 10.4 Å². The molecule has 1 aromatic rings. The Morgan fingerprint density at radius 3 is 2.35 bits per heavy atom.